The first kappa shape index (κ1) is 12.7. The standard InChI is InChI=1S/C12H11N.C3H2N2O/c1-3-7-11(8-4-1)13-12-9-5-2-6-10-12;6-3-1-2-4-5-3/h1-10,13H;1-2H. The number of para-hydroxylation sites is 2. The average molecular weight is 251 g/mol. The molecule has 1 heterocycles. The fourth-order valence-electron chi connectivity index (χ4n) is 1.43. The fraction of sp³-hybridized carbons (Fsp3) is 0. The topological polar surface area (TPSA) is 53.8 Å². The van der Waals surface area contributed by atoms with Gasteiger partial charge in [-0.05, 0) is 24.3 Å². The van der Waals surface area contributed by atoms with Gasteiger partial charge in [-0.3, -0.25) is 4.79 Å². The van der Waals surface area contributed by atoms with E-state index in [-0.39, 0.29) is 5.91 Å². The summed E-state index contributed by atoms with van der Waals surface area (Å²) >= 11 is 0. The van der Waals surface area contributed by atoms with E-state index in [1.165, 1.54) is 12.3 Å². The van der Waals surface area contributed by atoms with Crippen molar-refractivity contribution in [3.63, 3.8) is 0 Å². The Kier molecular flexibility index (Phi) is 4.58. The van der Waals surface area contributed by atoms with Crippen molar-refractivity contribution in [1.82, 2.24) is 0 Å². The van der Waals surface area contributed by atoms with E-state index in [0.29, 0.717) is 0 Å². The van der Waals surface area contributed by atoms with Gasteiger partial charge in [-0.15, -0.1) is 5.11 Å². The molecule has 2 aromatic carbocycles. The van der Waals surface area contributed by atoms with Gasteiger partial charge in [0.1, 0.15) is 0 Å². The molecule has 0 bridgehead atoms. The Morgan fingerprint density at radius 3 is 1.63 bits per heavy atom. The lowest BCUT2D eigenvalue weighted by Crippen LogP contribution is -1.87. The summed E-state index contributed by atoms with van der Waals surface area (Å²) < 4.78 is 0. The zero-order valence-electron chi connectivity index (χ0n) is 10.2. The number of nitrogens with zero attached hydrogens (tertiary/aromatic N) is 2. The maximum absolute atomic E-state index is 9.90. The van der Waals surface area contributed by atoms with Crippen molar-refractivity contribution in [2.45, 2.75) is 0 Å². The minimum Gasteiger partial charge on any atom is -0.356 e. The van der Waals surface area contributed by atoms with E-state index in [4.69, 9.17) is 0 Å². The molecule has 19 heavy (non-hydrogen) atoms. The van der Waals surface area contributed by atoms with Crippen molar-refractivity contribution < 1.29 is 4.79 Å². The maximum atomic E-state index is 9.90. The number of azo groups is 1. The Balaban J connectivity index is 0.000000186. The maximum Gasteiger partial charge on any atom is 0.289 e. The summed E-state index contributed by atoms with van der Waals surface area (Å²) in [5.41, 5.74) is 2.24. The van der Waals surface area contributed by atoms with Gasteiger partial charge in [0.25, 0.3) is 5.91 Å². The van der Waals surface area contributed by atoms with Gasteiger partial charge in [-0.2, -0.15) is 5.11 Å². The van der Waals surface area contributed by atoms with Gasteiger partial charge in [0.05, 0.1) is 6.20 Å². The summed E-state index contributed by atoms with van der Waals surface area (Å²) in [6.45, 7) is 0. The molecule has 1 amide bonds. The molecule has 0 atom stereocenters. The van der Waals surface area contributed by atoms with E-state index in [1.807, 2.05) is 60.7 Å². The van der Waals surface area contributed by atoms with Gasteiger partial charge in [-0.1, -0.05) is 36.4 Å². The van der Waals surface area contributed by atoms with Crippen molar-refractivity contribution in [3.8, 4) is 0 Å². The number of rotatable bonds is 2. The third kappa shape index (κ3) is 4.55. The van der Waals surface area contributed by atoms with Crippen LogP contribution in [0, 0.1) is 0 Å². The van der Waals surface area contributed by atoms with Crippen LogP contribution in [0.1, 0.15) is 0 Å². The van der Waals surface area contributed by atoms with E-state index < -0.39 is 0 Å². The van der Waals surface area contributed by atoms with Crippen LogP contribution in [-0.2, 0) is 4.79 Å². The Bertz CT molecular complexity index is 525. The molecule has 0 fully saturated rings. The highest BCUT2D eigenvalue weighted by atomic mass is 16.1. The Morgan fingerprint density at radius 2 is 1.32 bits per heavy atom. The van der Waals surface area contributed by atoms with Crippen LogP contribution in [0.15, 0.2) is 83.2 Å². The minimum absolute atomic E-state index is 0.269. The van der Waals surface area contributed by atoms with Crippen LogP contribution in [0.3, 0.4) is 0 Å². The first-order valence-electron chi connectivity index (χ1n) is 5.83. The number of amides is 1. The molecule has 94 valence electrons. The summed E-state index contributed by atoms with van der Waals surface area (Å²) in [6.07, 6.45) is 2.67. The normalized spacial score (nSPS) is 11.9. The molecule has 0 saturated heterocycles. The molecule has 1 N–H and O–H groups in total. The molecule has 4 heteroatoms. The number of hydrogen-bond donors (Lipinski definition) is 1. The Morgan fingerprint density at radius 1 is 0.789 bits per heavy atom. The molecule has 0 spiro atoms. The molecule has 2 aromatic rings. The van der Waals surface area contributed by atoms with E-state index in [1.54, 1.807) is 0 Å². The highest BCUT2D eigenvalue weighted by molar-refractivity contribution is 5.89. The molecule has 1 aliphatic heterocycles. The SMILES string of the molecule is O=C1C=CN=N1.c1ccc(Nc2ccccc2)cc1. The molecule has 0 saturated carbocycles. The van der Waals surface area contributed by atoms with Gasteiger partial charge in [0.15, 0.2) is 0 Å². The Hall–Kier alpha value is -2.75. The van der Waals surface area contributed by atoms with Crippen LogP contribution in [0.25, 0.3) is 0 Å². The van der Waals surface area contributed by atoms with Crippen LogP contribution in [0.5, 0.6) is 0 Å². The van der Waals surface area contributed by atoms with Crippen LogP contribution in [-0.4, -0.2) is 5.91 Å². The molecule has 0 aromatic heterocycles. The highest BCUT2D eigenvalue weighted by Crippen LogP contribution is 2.14. The van der Waals surface area contributed by atoms with Crippen LogP contribution < -0.4 is 5.32 Å². The lowest BCUT2D eigenvalue weighted by atomic mass is 10.3. The average Bonchev–Trinajstić information content (AvgIpc) is 2.93. The first-order chi connectivity index (χ1) is 9.34. The lowest BCUT2D eigenvalue weighted by Gasteiger charge is -2.04. The van der Waals surface area contributed by atoms with Crippen molar-refractivity contribution >= 4 is 17.3 Å². The van der Waals surface area contributed by atoms with Crippen LogP contribution in [0.2, 0.25) is 0 Å². The fourth-order valence-corrected chi connectivity index (χ4v) is 1.43. The third-order valence-electron chi connectivity index (χ3n) is 2.28. The smallest absolute Gasteiger partial charge is 0.289 e. The largest absolute Gasteiger partial charge is 0.356 e. The third-order valence-corrected chi connectivity index (χ3v) is 2.28. The highest BCUT2D eigenvalue weighted by Gasteiger charge is 1.92. The molecule has 1 aliphatic rings. The van der Waals surface area contributed by atoms with E-state index in [2.05, 4.69) is 15.5 Å². The molecule has 3 rings (SSSR count). The summed E-state index contributed by atoms with van der Waals surface area (Å²) in [7, 11) is 0. The summed E-state index contributed by atoms with van der Waals surface area (Å²) in [4.78, 5) is 9.90. The number of benzene rings is 2. The monoisotopic (exact) mass is 251 g/mol. The second-order valence-electron chi connectivity index (χ2n) is 3.73. The number of carbonyl (C=O) groups excluding carboxylic acids is 1. The van der Waals surface area contributed by atoms with Crippen LogP contribution in [0.4, 0.5) is 11.4 Å². The number of nitrogens with one attached hydrogen (secondary N) is 1. The van der Waals surface area contributed by atoms with E-state index in [9.17, 15) is 4.79 Å². The molecular weight excluding hydrogens is 238 g/mol. The van der Waals surface area contributed by atoms with E-state index in [0.717, 1.165) is 11.4 Å². The van der Waals surface area contributed by atoms with Gasteiger partial charge in [0.2, 0.25) is 0 Å². The number of carbonyl (C=O) groups is 1. The summed E-state index contributed by atoms with van der Waals surface area (Å²) in [5, 5.41) is 9.67. The predicted octanol–water partition coefficient (Wildman–Crippen LogP) is 3.92. The number of hydrogen-bond acceptors (Lipinski definition) is 3. The van der Waals surface area contributed by atoms with Gasteiger partial charge in [0, 0.05) is 17.5 Å². The lowest BCUT2D eigenvalue weighted by molar-refractivity contribution is -0.113. The summed E-state index contributed by atoms with van der Waals surface area (Å²) in [6, 6.07) is 20.3. The zero-order chi connectivity index (χ0) is 13.3. The van der Waals surface area contributed by atoms with Crippen molar-refractivity contribution in [1.29, 1.82) is 0 Å². The predicted molar refractivity (Wildman–Crippen MR) is 75.2 cm³/mol. The Labute approximate surface area is 111 Å². The van der Waals surface area contributed by atoms with Gasteiger partial charge < -0.3 is 5.32 Å². The molecule has 0 unspecified atom stereocenters. The second kappa shape index (κ2) is 6.86. The van der Waals surface area contributed by atoms with Crippen molar-refractivity contribution in [2.75, 3.05) is 5.32 Å². The molecule has 4 nitrogen and oxygen atoms in total. The van der Waals surface area contributed by atoms with Gasteiger partial charge in [-0.25, -0.2) is 0 Å². The molecule has 0 aliphatic carbocycles. The van der Waals surface area contributed by atoms with E-state index >= 15 is 0 Å². The quantitative estimate of drug-likeness (QED) is 0.879. The van der Waals surface area contributed by atoms with Crippen molar-refractivity contribution in [3.05, 3.63) is 72.9 Å². The minimum atomic E-state index is -0.269. The zero-order valence-corrected chi connectivity index (χ0v) is 10.2. The molecular formula is C15H13N3O. The van der Waals surface area contributed by atoms with Gasteiger partial charge >= 0.3 is 0 Å². The summed E-state index contributed by atoms with van der Waals surface area (Å²) in [5.74, 6) is -0.269. The van der Waals surface area contributed by atoms with Crippen molar-refractivity contribution in [2.24, 2.45) is 10.2 Å². The number of anilines is 2. The second-order valence-corrected chi connectivity index (χ2v) is 3.73. The first-order valence-corrected chi connectivity index (χ1v) is 5.83. The van der Waals surface area contributed by atoms with Crippen LogP contribution >= 0.6 is 0 Å². The molecule has 0 radical (unpaired) electrons.